The monoisotopic (exact) mass is 712 g/mol. The van der Waals surface area contributed by atoms with Crippen molar-refractivity contribution < 1.29 is 28.0 Å². The van der Waals surface area contributed by atoms with Gasteiger partial charge in [-0.15, -0.1) is 17.5 Å². The van der Waals surface area contributed by atoms with Crippen LogP contribution >= 0.6 is 11.6 Å². The number of benzene rings is 2. The maximum absolute atomic E-state index is 14.7. The fraction of sp³-hybridized carbons (Fsp3) is 0.514. The standard InChI is InChI=1S/C37H49ClN4O6S/c1-7-19-48-36(4,5)34(43)40-49(45,41-35(44)39-9-3)28-14-17-33-31(21-28)42(22-26-12-15-29(26)32(8-2)46-6)23-37(24-47-33)18-10-11-25-20-27(38)13-16-30(25)37/h7-8,13-14,16-17,20-21,26,29,32H,1-2,9-12,15,18-19,22-24H2,3-6H3,(H2,39,40,41,43,44,45)/t26-,29+,32?,37-,49?/m0/s1. The average Bonchev–Trinajstić information content (AvgIpc) is 3.21. The molecule has 266 valence electrons. The molecule has 3 amide bonds. The minimum absolute atomic E-state index is 0.0595. The minimum atomic E-state index is -3.83. The summed E-state index contributed by atoms with van der Waals surface area (Å²) in [7, 11) is -2.11. The molecule has 3 aliphatic rings. The third-order valence-corrected chi connectivity index (χ3v) is 12.1. The van der Waals surface area contributed by atoms with E-state index in [1.165, 1.54) is 17.2 Å². The van der Waals surface area contributed by atoms with Crippen molar-refractivity contribution in [3.63, 3.8) is 0 Å². The number of ether oxygens (including phenoxy) is 3. The number of amides is 3. The van der Waals surface area contributed by atoms with E-state index in [1.54, 1.807) is 46.1 Å². The van der Waals surface area contributed by atoms with Crippen molar-refractivity contribution in [2.75, 3.05) is 44.9 Å². The summed E-state index contributed by atoms with van der Waals surface area (Å²) in [6, 6.07) is 10.6. The zero-order valence-electron chi connectivity index (χ0n) is 29.0. The molecule has 49 heavy (non-hydrogen) atoms. The summed E-state index contributed by atoms with van der Waals surface area (Å²) in [5.41, 5.74) is 1.46. The lowest BCUT2D eigenvalue weighted by molar-refractivity contribution is -0.137. The summed E-state index contributed by atoms with van der Waals surface area (Å²) in [4.78, 5) is 28.8. The summed E-state index contributed by atoms with van der Waals surface area (Å²) in [5, 5.41) is 3.32. The Balaban J connectivity index is 1.61. The number of halogens is 1. The van der Waals surface area contributed by atoms with Crippen LogP contribution in [0.1, 0.15) is 57.6 Å². The van der Waals surface area contributed by atoms with E-state index in [4.69, 9.17) is 25.8 Å². The number of anilines is 1. The molecule has 2 aliphatic carbocycles. The maximum atomic E-state index is 14.7. The smallest absolute Gasteiger partial charge is 0.327 e. The van der Waals surface area contributed by atoms with Gasteiger partial charge < -0.3 is 24.4 Å². The lowest BCUT2D eigenvalue weighted by atomic mass is 9.68. The molecule has 10 nitrogen and oxygen atoms in total. The second-order valence-corrected chi connectivity index (χ2v) is 16.0. The number of hydrogen-bond acceptors (Lipinski definition) is 7. The maximum Gasteiger partial charge on any atom is 0.327 e. The average molecular weight is 713 g/mol. The van der Waals surface area contributed by atoms with Crippen LogP contribution in [0.5, 0.6) is 5.75 Å². The molecule has 5 atom stereocenters. The van der Waals surface area contributed by atoms with Gasteiger partial charge in [0.15, 0.2) is 9.92 Å². The van der Waals surface area contributed by atoms with Gasteiger partial charge in [0.05, 0.1) is 29.9 Å². The predicted molar refractivity (Wildman–Crippen MR) is 194 cm³/mol. The van der Waals surface area contributed by atoms with Gasteiger partial charge >= 0.3 is 6.03 Å². The first kappa shape index (κ1) is 36.9. The van der Waals surface area contributed by atoms with Gasteiger partial charge in [-0.25, -0.2) is 13.7 Å². The van der Waals surface area contributed by atoms with Crippen LogP contribution in [0.25, 0.3) is 0 Å². The first-order chi connectivity index (χ1) is 23.4. The van der Waals surface area contributed by atoms with Gasteiger partial charge in [0.1, 0.15) is 11.4 Å². The molecular weight excluding hydrogens is 664 g/mol. The first-order valence-corrected chi connectivity index (χ1v) is 18.9. The van der Waals surface area contributed by atoms with Crippen molar-refractivity contribution in [1.29, 1.82) is 0 Å². The third kappa shape index (κ3) is 7.85. The second kappa shape index (κ2) is 15.2. The van der Waals surface area contributed by atoms with Gasteiger partial charge in [0, 0.05) is 37.2 Å². The number of rotatable bonds is 12. The molecule has 12 heteroatoms. The topological polar surface area (TPSA) is 119 Å². The first-order valence-electron chi connectivity index (χ1n) is 17.0. The highest BCUT2D eigenvalue weighted by molar-refractivity contribution is 7.92. The van der Waals surface area contributed by atoms with Crippen LogP contribution in [-0.2, 0) is 36.0 Å². The molecule has 1 fully saturated rings. The molecule has 2 aromatic carbocycles. The highest BCUT2D eigenvalue weighted by atomic mass is 35.5. The molecule has 0 aromatic heterocycles. The van der Waals surface area contributed by atoms with Crippen LogP contribution in [0.15, 0.2) is 71.0 Å². The number of urea groups is 1. The minimum Gasteiger partial charge on any atom is -0.490 e. The molecule has 1 spiro atoms. The fourth-order valence-corrected chi connectivity index (χ4v) is 9.03. The van der Waals surface area contributed by atoms with Gasteiger partial charge in [0.25, 0.3) is 5.91 Å². The lowest BCUT2D eigenvalue weighted by Crippen LogP contribution is -2.49. The Morgan fingerprint density at radius 3 is 2.71 bits per heavy atom. The molecule has 1 aliphatic heterocycles. The number of carbonyl (C=O) groups is 2. The van der Waals surface area contributed by atoms with E-state index in [9.17, 15) is 13.8 Å². The predicted octanol–water partition coefficient (Wildman–Crippen LogP) is 6.61. The summed E-state index contributed by atoms with van der Waals surface area (Å²) in [5.74, 6) is 0.476. The van der Waals surface area contributed by atoms with Gasteiger partial charge in [-0.3, -0.25) is 4.79 Å². The van der Waals surface area contributed by atoms with Crippen molar-refractivity contribution in [2.24, 2.45) is 16.2 Å². The van der Waals surface area contributed by atoms with E-state index in [2.05, 4.69) is 44.6 Å². The lowest BCUT2D eigenvalue weighted by Gasteiger charge is -2.46. The molecule has 5 rings (SSSR count). The Labute approximate surface area is 295 Å². The van der Waals surface area contributed by atoms with Gasteiger partial charge in [-0.2, -0.15) is 0 Å². The van der Waals surface area contributed by atoms with Crippen LogP contribution in [-0.4, -0.2) is 67.8 Å². The largest absolute Gasteiger partial charge is 0.490 e. The molecule has 2 unspecified atom stereocenters. The highest BCUT2D eigenvalue weighted by Crippen LogP contribution is 2.47. The summed E-state index contributed by atoms with van der Waals surface area (Å²) >= 11 is 6.44. The summed E-state index contributed by atoms with van der Waals surface area (Å²) in [6.07, 6.45) is 8.27. The number of methoxy groups -OCH3 is 1. The number of nitrogens with zero attached hydrogens (tertiary/aromatic N) is 2. The summed E-state index contributed by atoms with van der Waals surface area (Å²) < 4.78 is 39.4. The van der Waals surface area contributed by atoms with E-state index >= 15 is 0 Å². The Hall–Kier alpha value is -3.38. The van der Waals surface area contributed by atoms with Crippen molar-refractivity contribution in [1.82, 2.24) is 10.0 Å². The number of fused-ring (bicyclic) bond motifs is 3. The van der Waals surface area contributed by atoms with Crippen molar-refractivity contribution in [3.8, 4) is 5.75 Å². The molecular formula is C37H49ClN4O6S. The Bertz CT molecular complexity index is 1710. The molecule has 1 heterocycles. The third-order valence-electron chi connectivity index (χ3n) is 10.0. The van der Waals surface area contributed by atoms with Crippen LogP contribution < -0.4 is 19.7 Å². The number of hydrogen-bond donors (Lipinski definition) is 2. The van der Waals surface area contributed by atoms with Gasteiger partial charge in [-0.1, -0.05) is 29.8 Å². The van der Waals surface area contributed by atoms with Crippen LogP contribution in [0.3, 0.4) is 0 Å². The van der Waals surface area contributed by atoms with Crippen molar-refractivity contribution >= 4 is 39.1 Å². The van der Waals surface area contributed by atoms with E-state index in [0.29, 0.717) is 48.8 Å². The van der Waals surface area contributed by atoms with E-state index in [0.717, 1.165) is 37.8 Å². The van der Waals surface area contributed by atoms with Gasteiger partial charge in [-0.05, 0) is 106 Å². The Morgan fingerprint density at radius 1 is 1.24 bits per heavy atom. The van der Waals surface area contributed by atoms with Crippen LogP contribution in [0.4, 0.5) is 10.5 Å². The van der Waals surface area contributed by atoms with Crippen molar-refractivity contribution in [3.05, 3.63) is 77.9 Å². The molecule has 2 aromatic rings. The quantitative estimate of drug-likeness (QED) is 0.238. The van der Waals surface area contributed by atoms with E-state index in [1.807, 2.05) is 12.1 Å². The number of carbonyl (C=O) groups excluding carboxylic acids is 2. The fourth-order valence-electron chi connectivity index (χ4n) is 7.26. The van der Waals surface area contributed by atoms with Gasteiger partial charge in [0.2, 0.25) is 0 Å². The van der Waals surface area contributed by atoms with E-state index in [-0.39, 0.29) is 23.0 Å². The molecule has 0 bridgehead atoms. The van der Waals surface area contributed by atoms with Crippen LogP contribution in [0.2, 0.25) is 5.02 Å². The normalized spacial score (nSPS) is 23.3. The van der Waals surface area contributed by atoms with E-state index < -0.39 is 27.5 Å². The number of nitrogens with one attached hydrogen (secondary N) is 2. The molecule has 0 radical (unpaired) electrons. The molecule has 2 N–H and O–H groups in total. The highest BCUT2D eigenvalue weighted by Gasteiger charge is 2.44. The second-order valence-electron chi connectivity index (χ2n) is 13.7. The Kier molecular flexibility index (Phi) is 11.5. The summed E-state index contributed by atoms with van der Waals surface area (Å²) in [6.45, 7) is 14.7. The molecule has 1 saturated carbocycles. The SMILES string of the molecule is C=CCOC(C)(C)C(=O)N=S(=O)(NC(=O)NCC)c1ccc2c(c1)N(C[C@@H]1CC[C@H]1C(C=C)OC)C[C@@]1(CCCc3cc(Cl)ccc31)CO2. The zero-order valence-corrected chi connectivity index (χ0v) is 30.5. The van der Waals surface area contributed by atoms with Crippen LogP contribution in [0, 0.1) is 11.8 Å². The number of aryl methyl sites for hydroxylation is 1. The van der Waals surface area contributed by atoms with Crippen molar-refractivity contribution in [2.45, 2.75) is 74.9 Å². The molecule has 0 saturated heterocycles. The Morgan fingerprint density at radius 2 is 2.04 bits per heavy atom. The zero-order chi connectivity index (χ0) is 35.4.